The molecule has 0 saturated heterocycles. The van der Waals surface area contributed by atoms with Crippen LogP contribution in [0.5, 0.6) is 5.75 Å². The number of nitrogens with zero attached hydrogens (tertiary/aromatic N) is 3. The lowest BCUT2D eigenvalue weighted by Gasteiger charge is -2.40. The lowest BCUT2D eigenvalue weighted by atomic mass is 9.89. The SMILES string of the molecule is COc1ccc(-c2ccc(C(=O)N(C)C)cc2)cc1CN(C(=O)c1sc2ccccc2c1Cl)C1CCC(N(C)C(=O)OC(C)(C)C)CC1. The molecule has 5 rings (SSSR count). The predicted octanol–water partition coefficient (Wildman–Crippen LogP) is 8.75. The van der Waals surface area contributed by atoms with E-state index >= 15 is 0 Å². The van der Waals surface area contributed by atoms with Crippen LogP contribution in [0, 0.1) is 0 Å². The van der Waals surface area contributed by atoms with Gasteiger partial charge in [-0.2, -0.15) is 0 Å². The molecule has 0 aliphatic heterocycles. The van der Waals surface area contributed by atoms with Gasteiger partial charge in [-0.3, -0.25) is 9.59 Å². The number of thiophene rings is 1. The zero-order valence-corrected chi connectivity index (χ0v) is 30.3. The average Bonchev–Trinajstić information content (AvgIpc) is 3.41. The van der Waals surface area contributed by atoms with Gasteiger partial charge in [-0.15, -0.1) is 11.3 Å². The van der Waals surface area contributed by atoms with Crippen LogP contribution >= 0.6 is 22.9 Å². The molecule has 4 aromatic rings. The molecule has 0 N–H and O–H groups in total. The molecule has 0 spiro atoms. The number of rotatable bonds is 8. The average molecular weight is 690 g/mol. The van der Waals surface area contributed by atoms with Crippen molar-refractivity contribution >= 4 is 50.9 Å². The van der Waals surface area contributed by atoms with Crippen LogP contribution in [0.4, 0.5) is 4.79 Å². The number of hydrogen-bond donors (Lipinski definition) is 0. The molecule has 3 aromatic carbocycles. The molecule has 0 unspecified atom stereocenters. The number of carbonyl (C=O) groups excluding carboxylic acids is 3. The van der Waals surface area contributed by atoms with E-state index in [0.717, 1.165) is 52.5 Å². The fourth-order valence-corrected chi connectivity index (χ4v) is 7.69. The molecular weight excluding hydrogens is 646 g/mol. The van der Waals surface area contributed by atoms with E-state index in [0.29, 0.717) is 27.8 Å². The first kappa shape index (κ1) is 35.2. The molecule has 1 heterocycles. The minimum absolute atomic E-state index is 0.0150. The lowest BCUT2D eigenvalue weighted by Crippen LogP contribution is -2.47. The molecule has 0 atom stereocenters. The predicted molar refractivity (Wildman–Crippen MR) is 193 cm³/mol. The Morgan fingerprint density at radius 2 is 1.48 bits per heavy atom. The highest BCUT2D eigenvalue weighted by molar-refractivity contribution is 7.21. The van der Waals surface area contributed by atoms with Crippen LogP contribution < -0.4 is 4.74 Å². The zero-order valence-electron chi connectivity index (χ0n) is 28.7. The normalized spacial score (nSPS) is 16.3. The zero-order chi connectivity index (χ0) is 34.7. The van der Waals surface area contributed by atoms with Crippen LogP contribution in [-0.2, 0) is 11.3 Å². The van der Waals surface area contributed by atoms with E-state index in [1.54, 1.807) is 38.1 Å². The lowest BCUT2D eigenvalue weighted by molar-refractivity contribution is 0.0144. The van der Waals surface area contributed by atoms with E-state index in [4.69, 9.17) is 21.1 Å². The topological polar surface area (TPSA) is 79.4 Å². The highest BCUT2D eigenvalue weighted by Gasteiger charge is 2.35. The molecule has 1 aromatic heterocycles. The minimum atomic E-state index is -0.575. The molecule has 0 bridgehead atoms. The van der Waals surface area contributed by atoms with Gasteiger partial charge < -0.3 is 24.2 Å². The maximum Gasteiger partial charge on any atom is 0.410 e. The summed E-state index contributed by atoms with van der Waals surface area (Å²) >= 11 is 8.27. The van der Waals surface area contributed by atoms with E-state index in [1.807, 2.05) is 86.3 Å². The van der Waals surface area contributed by atoms with Crippen molar-refractivity contribution in [2.75, 3.05) is 28.3 Å². The Balaban J connectivity index is 1.45. The molecule has 254 valence electrons. The molecule has 1 aliphatic rings. The van der Waals surface area contributed by atoms with E-state index < -0.39 is 5.60 Å². The Morgan fingerprint density at radius 3 is 2.08 bits per heavy atom. The molecule has 10 heteroatoms. The van der Waals surface area contributed by atoms with Crippen LogP contribution in [-0.4, -0.2) is 78.5 Å². The van der Waals surface area contributed by atoms with Gasteiger partial charge in [0.15, 0.2) is 0 Å². The molecule has 8 nitrogen and oxygen atoms in total. The first-order chi connectivity index (χ1) is 22.8. The largest absolute Gasteiger partial charge is 0.496 e. The number of fused-ring (bicyclic) bond motifs is 1. The van der Waals surface area contributed by atoms with Gasteiger partial charge in [0.1, 0.15) is 16.2 Å². The first-order valence-corrected chi connectivity index (χ1v) is 17.4. The summed E-state index contributed by atoms with van der Waals surface area (Å²) in [7, 11) is 6.89. The van der Waals surface area contributed by atoms with Gasteiger partial charge in [-0.05, 0) is 87.9 Å². The van der Waals surface area contributed by atoms with Crippen LogP contribution in [0.2, 0.25) is 5.02 Å². The van der Waals surface area contributed by atoms with E-state index in [2.05, 4.69) is 6.07 Å². The molecule has 0 radical (unpaired) electrons. The number of hydrogen-bond acceptors (Lipinski definition) is 6. The van der Waals surface area contributed by atoms with Crippen molar-refractivity contribution in [2.45, 2.75) is 70.7 Å². The number of halogens is 1. The second kappa shape index (κ2) is 14.6. The smallest absolute Gasteiger partial charge is 0.410 e. The second-order valence-corrected chi connectivity index (χ2v) is 15.0. The third-order valence-electron chi connectivity index (χ3n) is 8.82. The van der Waals surface area contributed by atoms with Crippen LogP contribution in [0.25, 0.3) is 21.2 Å². The van der Waals surface area contributed by atoms with Crippen LogP contribution in [0.15, 0.2) is 66.7 Å². The molecule has 48 heavy (non-hydrogen) atoms. The minimum Gasteiger partial charge on any atom is -0.496 e. The summed E-state index contributed by atoms with van der Waals surface area (Å²) in [5, 5.41) is 1.34. The summed E-state index contributed by atoms with van der Waals surface area (Å²) in [4.78, 5) is 45.5. The van der Waals surface area contributed by atoms with Crippen molar-refractivity contribution in [1.82, 2.24) is 14.7 Å². The molecule has 1 saturated carbocycles. The fourth-order valence-electron chi connectivity index (χ4n) is 6.22. The monoisotopic (exact) mass is 689 g/mol. The van der Waals surface area contributed by atoms with Crippen molar-refractivity contribution in [2.24, 2.45) is 0 Å². The third-order valence-corrected chi connectivity index (χ3v) is 10.5. The summed E-state index contributed by atoms with van der Waals surface area (Å²) in [6.07, 6.45) is 2.57. The summed E-state index contributed by atoms with van der Waals surface area (Å²) in [6.45, 7) is 5.91. The van der Waals surface area contributed by atoms with Gasteiger partial charge in [0.2, 0.25) is 0 Å². The van der Waals surface area contributed by atoms with Gasteiger partial charge in [0.05, 0.1) is 12.1 Å². The van der Waals surface area contributed by atoms with Crippen molar-refractivity contribution in [3.05, 3.63) is 87.8 Å². The Kier molecular flexibility index (Phi) is 10.7. The van der Waals surface area contributed by atoms with Gasteiger partial charge in [0, 0.05) is 61.0 Å². The van der Waals surface area contributed by atoms with E-state index in [1.165, 1.54) is 11.3 Å². The molecule has 3 amide bonds. The van der Waals surface area contributed by atoms with Crippen molar-refractivity contribution in [3.8, 4) is 16.9 Å². The molecular formula is C38H44ClN3O5S. The van der Waals surface area contributed by atoms with Gasteiger partial charge in [-0.1, -0.05) is 48.0 Å². The molecule has 1 fully saturated rings. The summed E-state index contributed by atoms with van der Waals surface area (Å²) in [5.74, 6) is 0.499. The highest BCUT2D eigenvalue weighted by atomic mass is 35.5. The number of benzene rings is 3. The Labute approximate surface area is 292 Å². The maximum absolute atomic E-state index is 14.5. The standard InChI is InChI=1S/C38H44ClN3O5S/c1-38(2,3)47-37(45)41(6)28-17-19-29(20-18-28)42(36(44)34-33(39)30-10-8-9-11-32(30)48-34)23-27-22-26(16-21-31(27)46-7)24-12-14-25(15-13-24)35(43)40(4)5/h8-16,21-22,28-29H,17-20,23H2,1-7H3. The summed E-state index contributed by atoms with van der Waals surface area (Å²) < 4.78 is 12.4. The quantitative estimate of drug-likeness (QED) is 0.185. The Bertz CT molecular complexity index is 1790. The third kappa shape index (κ3) is 7.79. The number of ether oxygens (including phenoxy) is 2. The summed E-state index contributed by atoms with van der Waals surface area (Å²) in [5.41, 5.74) is 2.80. The highest BCUT2D eigenvalue weighted by Crippen LogP contribution is 2.39. The van der Waals surface area contributed by atoms with Gasteiger partial charge in [-0.25, -0.2) is 4.79 Å². The Hall–Kier alpha value is -4.08. The summed E-state index contributed by atoms with van der Waals surface area (Å²) in [6, 6.07) is 21.2. The number of amides is 3. The number of carbonyl (C=O) groups is 3. The van der Waals surface area contributed by atoms with E-state index in [9.17, 15) is 14.4 Å². The van der Waals surface area contributed by atoms with Crippen LogP contribution in [0.3, 0.4) is 0 Å². The van der Waals surface area contributed by atoms with Crippen LogP contribution in [0.1, 0.15) is 72.0 Å². The van der Waals surface area contributed by atoms with E-state index in [-0.39, 0.29) is 30.0 Å². The first-order valence-electron chi connectivity index (χ1n) is 16.2. The van der Waals surface area contributed by atoms with Crippen molar-refractivity contribution < 1.29 is 23.9 Å². The Morgan fingerprint density at radius 1 is 0.854 bits per heavy atom. The number of methoxy groups -OCH3 is 1. The van der Waals surface area contributed by atoms with Gasteiger partial charge >= 0.3 is 6.09 Å². The van der Waals surface area contributed by atoms with Gasteiger partial charge in [0.25, 0.3) is 11.8 Å². The molecule has 1 aliphatic carbocycles. The maximum atomic E-state index is 14.5. The fraction of sp³-hybridized carbons (Fsp3) is 0.395. The second-order valence-electron chi connectivity index (χ2n) is 13.5. The van der Waals surface area contributed by atoms with Crippen molar-refractivity contribution in [3.63, 3.8) is 0 Å². The van der Waals surface area contributed by atoms with Crippen molar-refractivity contribution in [1.29, 1.82) is 0 Å².